The topological polar surface area (TPSA) is 73.0 Å². The van der Waals surface area contributed by atoms with Crippen molar-refractivity contribution in [2.75, 3.05) is 11.5 Å². The number of nitrogen functional groups attached to an aromatic ring is 1. The van der Waals surface area contributed by atoms with Crippen LogP contribution in [0.3, 0.4) is 0 Å². The van der Waals surface area contributed by atoms with E-state index < -0.39 is 9.84 Å². The van der Waals surface area contributed by atoms with Crippen LogP contribution in [0.25, 0.3) is 0 Å². The van der Waals surface area contributed by atoms with Gasteiger partial charge in [0, 0.05) is 5.69 Å². The lowest BCUT2D eigenvalue weighted by molar-refractivity contribution is 0.597. The Morgan fingerprint density at radius 1 is 1.29 bits per heavy atom. The lowest BCUT2D eigenvalue weighted by Gasteiger charge is -2.10. The van der Waals surface area contributed by atoms with Crippen LogP contribution in [0.2, 0.25) is 0 Å². The van der Waals surface area contributed by atoms with Crippen molar-refractivity contribution in [3.63, 3.8) is 0 Å². The number of rotatable bonds is 2. The van der Waals surface area contributed by atoms with Gasteiger partial charge in [-0.2, -0.15) is 0 Å². The summed E-state index contributed by atoms with van der Waals surface area (Å²) in [5, 5.41) is 0. The van der Waals surface area contributed by atoms with Gasteiger partial charge in [0.05, 0.1) is 5.75 Å². The molecule has 94 valence electrons. The molecule has 1 aromatic rings. The van der Waals surface area contributed by atoms with Gasteiger partial charge in [-0.15, -0.1) is 0 Å². The van der Waals surface area contributed by atoms with Gasteiger partial charge in [0.2, 0.25) is 0 Å². The number of anilines is 1. The van der Waals surface area contributed by atoms with Gasteiger partial charge in [-0.1, -0.05) is 13.3 Å². The standard InChI is InChI=1S/C12H18N2O2S/c1-2-17(15,16)11-8-9-6-4-3-5-7-10(9)14-12(11)13/h8H,2-7H2,1H3,(H2,13,14). The first kappa shape index (κ1) is 12.4. The molecule has 1 aromatic heterocycles. The molecule has 0 bridgehead atoms. The average Bonchev–Trinajstić information content (AvgIpc) is 2.52. The van der Waals surface area contributed by atoms with E-state index in [2.05, 4.69) is 4.98 Å². The van der Waals surface area contributed by atoms with Gasteiger partial charge >= 0.3 is 0 Å². The summed E-state index contributed by atoms with van der Waals surface area (Å²) < 4.78 is 23.7. The molecule has 0 aromatic carbocycles. The first-order valence-electron chi connectivity index (χ1n) is 6.05. The summed E-state index contributed by atoms with van der Waals surface area (Å²) in [6.45, 7) is 1.63. The lowest BCUT2D eigenvalue weighted by atomic mass is 10.1. The van der Waals surface area contributed by atoms with Crippen molar-refractivity contribution in [2.24, 2.45) is 0 Å². The van der Waals surface area contributed by atoms with Crippen LogP contribution in [0.4, 0.5) is 5.82 Å². The Kier molecular flexibility index (Phi) is 3.38. The number of nitrogens with two attached hydrogens (primary N) is 1. The fourth-order valence-corrected chi connectivity index (χ4v) is 3.21. The Labute approximate surface area is 102 Å². The van der Waals surface area contributed by atoms with Gasteiger partial charge in [-0.05, 0) is 37.3 Å². The first-order chi connectivity index (χ1) is 8.04. The van der Waals surface area contributed by atoms with Crippen LogP contribution < -0.4 is 5.73 Å². The SMILES string of the molecule is CCS(=O)(=O)c1cc2c(nc1N)CCCCC2. The summed E-state index contributed by atoms with van der Waals surface area (Å²) in [5.74, 6) is 0.227. The molecule has 1 aliphatic carbocycles. The molecular formula is C12H18N2O2S. The molecule has 0 radical (unpaired) electrons. The monoisotopic (exact) mass is 254 g/mol. The average molecular weight is 254 g/mol. The van der Waals surface area contributed by atoms with Crippen LogP contribution in [-0.2, 0) is 22.7 Å². The molecule has 1 aliphatic rings. The molecular weight excluding hydrogens is 236 g/mol. The van der Waals surface area contributed by atoms with E-state index in [0.717, 1.165) is 36.9 Å². The second kappa shape index (κ2) is 4.64. The molecule has 2 rings (SSSR count). The van der Waals surface area contributed by atoms with Crippen molar-refractivity contribution < 1.29 is 8.42 Å². The molecule has 0 fully saturated rings. The maximum absolute atomic E-state index is 11.9. The van der Waals surface area contributed by atoms with Gasteiger partial charge in [-0.3, -0.25) is 0 Å². The third kappa shape index (κ3) is 2.44. The molecule has 0 amide bonds. The second-order valence-corrected chi connectivity index (χ2v) is 6.69. The number of sulfone groups is 1. The first-order valence-corrected chi connectivity index (χ1v) is 7.71. The van der Waals surface area contributed by atoms with Crippen LogP contribution in [0.1, 0.15) is 37.4 Å². The zero-order valence-electron chi connectivity index (χ0n) is 10.1. The number of hydrogen-bond acceptors (Lipinski definition) is 4. The minimum atomic E-state index is -3.26. The molecule has 4 nitrogen and oxygen atoms in total. The molecule has 2 N–H and O–H groups in total. The highest BCUT2D eigenvalue weighted by Gasteiger charge is 2.20. The van der Waals surface area contributed by atoms with E-state index in [-0.39, 0.29) is 16.5 Å². The molecule has 0 aliphatic heterocycles. The molecule has 5 heteroatoms. The highest BCUT2D eigenvalue weighted by molar-refractivity contribution is 7.91. The van der Waals surface area contributed by atoms with Crippen LogP contribution >= 0.6 is 0 Å². The van der Waals surface area contributed by atoms with Crippen molar-refractivity contribution >= 4 is 15.7 Å². The van der Waals surface area contributed by atoms with Gasteiger partial charge in [0.15, 0.2) is 9.84 Å². The van der Waals surface area contributed by atoms with Gasteiger partial charge in [0.1, 0.15) is 10.7 Å². The normalized spacial score (nSPS) is 16.3. The smallest absolute Gasteiger partial charge is 0.181 e. The Morgan fingerprint density at radius 3 is 2.71 bits per heavy atom. The van der Waals surface area contributed by atoms with Crippen LogP contribution in [-0.4, -0.2) is 19.2 Å². The molecule has 17 heavy (non-hydrogen) atoms. The molecule has 0 saturated heterocycles. The Hall–Kier alpha value is -1.10. The van der Waals surface area contributed by atoms with E-state index in [0.29, 0.717) is 0 Å². The van der Waals surface area contributed by atoms with Crippen molar-refractivity contribution in [1.29, 1.82) is 0 Å². The molecule has 0 saturated carbocycles. The molecule has 0 unspecified atom stereocenters. The quantitative estimate of drug-likeness (QED) is 0.816. The number of hydrogen-bond donors (Lipinski definition) is 1. The Balaban J connectivity index is 2.53. The molecule has 0 atom stereocenters. The van der Waals surface area contributed by atoms with E-state index in [4.69, 9.17) is 5.73 Å². The predicted molar refractivity (Wildman–Crippen MR) is 67.6 cm³/mol. The summed E-state index contributed by atoms with van der Waals surface area (Å²) in [7, 11) is -3.26. The van der Waals surface area contributed by atoms with Gasteiger partial charge in [-0.25, -0.2) is 13.4 Å². The van der Waals surface area contributed by atoms with Crippen LogP contribution in [0, 0.1) is 0 Å². The predicted octanol–water partition coefficient (Wildman–Crippen LogP) is 1.73. The molecule has 0 spiro atoms. The Bertz CT molecular complexity index is 524. The number of aromatic nitrogens is 1. The number of aryl methyl sites for hydroxylation is 2. The van der Waals surface area contributed by atoms with Crippen molar-refractivity contribution in [3.05, 3.63) is 17.3 Å². The van der Waals surface area contributed by atoms with Gasteiger partial charge in [0.25, 0.3) is 0 Å². The summed E-state index contributed by atoms with van der Waals surface area (Å²) in [4.78, 5) is 4.50. The van der Waals surface area contributed by atoms with E-state index in [1.807, 2.05) is 0 Å². The maximum Gasteiger partial charge on any atom is 0.181 e. The fraction of sp³-hybridized carbons (Fsp3) is 0.583. The summed E-state index contributed by atoms with van der Waals surface area (Å²) >= 11 is 0. The molecule has 1 heterocycles. The number of fused-ring (bicyclic) bond motifs is 1. The zero-order chi connectivity index (χ0) is 12.5. The lowest BCUT2D eigenvalue weighted by Crippen LogP contribution is -2.11. The summed E-state index contributed by atoms with van der Waals surface area (Å²) in [6, 6.07) is 1.74. The van der Waals surface area contributed by atoms with E-state index in [9.17, 15) is 8.42 Å². The van der Waals surface area contributed by atoms with Gasteiger partial charge < -0.3 is 5.73 Å². The van der Waals surface area contributed by atoms with Crippen molar-refractivity contribution in [3.8, 4) is 0 Å². The summed E-state index contributed by atoms with van der Waals surface area (Å²) in [5.41, 5.74) is 7.81. The maximum atomic E-state index is 11.9. The van der Waals surface area contributed by atoms with Crippen LogP contribution in [0.5, 0.6) is 0 Å². The number of pyridine rings is 1. The van der Waals surface area contributed by atoms with Crippen molar-refractivity contribution in [1.82, 2.24) is 4.98 Å². The summed E-state index contributed by atoms with van der Waals surface area (Å²) in [6.07, 6.45) is 5.20. The minimum absolute atomic E-state index is 0.0671. The van der Waals surface area contributed by atoms with Crippen LogP contribution in [0.15, 0.2) is 11.0 Å². The van der Waals surface area contributed by atoms with E-state index in [1.54, 1.807) is 13.0 Å². The largest absolute Gasteiger partial charge is 0.383 e. The van der Waals surface area contributed by atoms with E-state index in [1.165, 1.54) is 6.42 Å². The fourth-order valence-electron chi connectivity index (χ4n) is 2.21. The van der Waals surface area contributed by atoms with E-state index >= 15 is 0 Å². The Morgan fingerprint density at radius 2 is 2.00 bits per heavy atom. The third-order valence-electron chi connectivity index (χ3n) is 3.26. The zero-order valence-corrected chi connectivity index (χ0v) is 10.9. The van der Waals surface area contributed by atoms with Crippen molar-refractivity contribution in [2.45, 2.75) is 43.9 Å². The highest BCUT2D eigenvalue weighted by atomic mass is 32.2. The minimum Gasteiger partial charge on any atom is -0.383 e. The third-order valence-corrected chi connectivity index (χ3v) is 5.02. The highest BCUT2D eigenvalue weighted by Crippen LogP contribution is 2.26. The second-order valence-electron chi connectivity index (χ2n) is 4.44. The number of nitrogens with zero attached hydrogens (tertiary/aromatic N) is 1.